The van der Waals surface area contributed by atoms with E-state index in [1.165, 1.54) is 0 Å². The van der Waals surface area contributed by atoms with Gasteiger partial charge < -0.3 is 4.90 Å². The van der Waals surface area contributed by atoms with Crippen LogP contribution < -0.4 is 0 Å². The number of aryl methyl sites for hydroxylation is 1. The maximum absolute atomic E-state index is 13.1. The summed E-state index contributed by atoms with van der Waals surface area (Å²) in [6.45, 7) is 2.76. The molecule has 4 rings (SSSR count). The molecule has 0 radical (unpaired) electrons. The van der Waals surface area contributed by atoms with Crippen molar-refractivity contribution in [3.63, 3.8) is 0 Å². The summed E-state index contributed by atoms with van der Waals surface area (Å²) in [7, 11) is 0. The number of H-pyrrole nitrogens is 1. The van der Waals surface area contributed by atoms with E-state index in [4.69, 9.17) is 0 Å². The van der Waals surface area contributed by atoms with Gasteiger partial charge in [-0.2, -0.15) is 5.10 Å². The highest BCUT2D eigenvalue weighted by Gasteiger charge is 2.29. The van der Waals surface area contributed by atoms with Crippen LogP contribution in [0.1, 0.15) is 46.9 Å². The molecule has 1 fully saturated rings. The number of aromatic nitrogens is 3. The third-order valence-electron chi connectivity index (χ3n) is 4.74. The standard InChI is InChI=1S/C19H20N4O/c1-13-5-6-14-10-15(7-8-17(14)22-13)19(24)23-9-3-2-4-18(23)16-11-20-21-12-16/h5-8,10-12,18H,2-4,9H2,1H3,(H,20,21). The van der Waals surface area contributed by atoms with Crippen LogP contribution in [0.25, 0.3) is 10.9 Å². The normalized spacial score (nSPS) is 18.0. The highest BCUT2D eigenvalue weighted by atomic mass is 16.2. The van der Waals surface area contributed by atoms with Crippen molar-refractivity contribution in [2.75, 3.05) is 6.54 Å². The molecular weight excluding hydrogens is 300 g/mol. The predicted octanol–water partition coefficient (Wildman–Crippen LogP) is 3.63. The highest BCUT2D eigenvalue weighted by molar-refractivity contribution is 5.98. The molecule has 1 amide bonds. The van der Waals surface area contributed by atoms with Gasteiger partial charge in [0.25, 0.3) is 5.91 Å². The first-order chi connectivity index (χ1) is 11.7. The summed E-state index contributed by atoms with van der Waals surface area (Å²) in [5.41, 5.74) is 3.72. The van der Waals surface area contributed by atoms with Gasteiger partial charge in [-0.3, -0.25) is 14.9 Å². The smallest absolute Gasteiger partial charge is 0.254 e. The third-order valence-corrected chi connectivity index (χ3v) is 4.74. The zero-order valence-electron chi connectivity index (χ0n) is 13.7. The Bertz CT molecular complexity index is 872. The van der Waals surface area contributed by atoms with Crippen LogP contribution in [0.15, 0.2) is 42.7 Å². The van der Waals surface area contributed by atoms with E-state index in [0.717, 1.165) is 53.5 Å². The van der Waals surface area contributed by atoms with Crippen LogP contribution in [0.3, 0.4) is 0 Å². The molecule has 1 unspecified atom stereocenters. The van der Waals surface area contributed by atoms with Crippen LogP contribution in [-0.2, 0) is 0 Å². The lowest BCUT2D eigenvalue weighted by molar-refractivity contribution is 0.0612. The molecule has 1 atom stereocenters. The first-order valence-corrected chi connectivity index (χ1v) is 8.39. The lowest BCUT2D eigenvalue weighted by Gasteiger charge is -2.35. The van der Waals surface area contributed by atoms with Gasteiger partial charge in [-0.15, -0.1) is 0 Å². The summed E-state index contributed by atoms with van der Waals surface area (Å²) < 4.78 is 0. The van der Waals surface area contributed by atoms with Crippen LogP contribution in [-0.4, -0.2) is 32.5 Å². The monoisotopic (exact) mass is 320 g/mol. The van der Waals surface area contributed by atoms with Crippen LogP contribution in [0.5, 0.6) is 0 Å². The van der Waals surface area contributed by atoms with Gasteiger partial charge in [-0.05, 0) is 50.5 Å². The SMILES string of the molecule is Cc1ccc2cc(C(=O)N3CCCCC3c3cn[nH]c3)ccc2n1. The van der Waals surface area contributed by atoms with Crippen molar-refractivity contribution >= 4 is 16.8 Å². The topological polar surface area (TPSA) is 61.9 Å². The molecule has 1 aliphatic rings. The second kappa shape index (κ2) is 6.07. The molecule has 0 spiro atoms. The Morgan fingerprint density at radius 3 is 3.00 bits per heavy atom. The fraction of sp³-hybridized carbons (Fsp3) is 0.316. The minimum absolute atomic E-state index is 0.0865. The molecule has 5 nitrogen and oxygen atoms in total. The molecule has 24 heavy (non-hydrogen) atoms. The van der Waals surface area contributed by atoms with Crippen molar-refractivity contribution in [1.29, 1.82) is 0 Å². The summed E-state index contributed by atoms with van der Waals surface area (Å²) in [5, 5.41) is 7.90. The summed E-state index contributed by atoms with van der Waals surface area (Å²) in [5.74, 6) is 0.0865. The minimum atomic E-state index is 0.0865. The number of pyridine rings is 1. The highest BCUT2D eigenvalue weighted by Crippen LogP contribution is 2.31. The maximum atomic E-state index is 13.1. The van der Waals surface area contributed by atoms with Crippen LogP contribution in [0, 0.1) is 6.92 Å². The molecule has 0 saturated carbocycles. The van der Waals surface area contributed by atoms with Crippen molar-refractivity contribution in [1.82, 2.24) is 20.1 Å². The number of hydrogen-bond donors (Lipinski definition) is 1. The molecule has 2 aromatic heterocycles. The maximum Gasteiger partial charge on any atom is 0.254 e. The number of carbonyl (C=O) groups is 1. The largest absolute Gasteiger partial charge is 0.331 e. The first-order valence-electron chi connectivity index (χ1n) is 8.39. The van der Waals surface area contributed by atoms with E-state index in [2.05, 4.69) is 15.2 Å². The van der Waals surface area contributed by atoms with E-state index < -0.39 is 0 Å². The number of hydrogen-bond acceptors (Lipinski definition) is 3. The van der Waals surface area contributed by atoms with Crippen molar-refractivity contribution in [3.05, 3.63) is 59.5 Å². The summed E-state index contributed by atoms with van der Waals surface area (Å²) >= 11 is 0. The molecular formula is C19H20N4O. The summed E-state index contributed by atoms with van der Waals surface area (Å²) in [4.78, 5) is 19.6. The fourth-order valence-electron chi connectivity index (χ4n) is 3.49. The molecule has 1 aliphatic heterocycles. The number of aromatic amines is 1. The molecule has 1 aromatic carbocycles. The van der Waals surface area contributed by atoms with Gasteiger partial charge in [0.05, 0.1) is 17.8 Å². The molecule has 1 N–H and O–H groups in total. The van der Waals surface area contributed by atoms with Gasteiger partial charge in [-0.25, -0.2) is 0 Å². The van der Waals surface area contributed by atoms with Gasteiger partial charge in [0, 0.05) is 34.9 Å². The van der Waals surface area contributed by atoms with Crippen molar-refractivity contribution in [2.45, 2.75) is 32.2 Å². The fourth-order valence-corrected chi connectivity index (χ4v) is 3.49. The molecule has 3 heterocycles. The second-order valence-electron chi connectivity index (χ2n) is 6.40. The van der Waals surface area contributed by atoms with E-state index in [9.17, 15) is 4.79 Å². The Morgan fingerprint density at radius 1 is 1.25 bits per heavy atom. The number of likely N-dealkylation sites (tertiary alicyclic amines) is 1. The Hall–Kier alpha value is -2.69. The third kappa shape index (κ3) is 2.66. The van der Waals surface area contributed by atoms with Crippen molar-refractivity contribution in [3.8, 4) is 0 Å². The Balaban J connectivity index is 1.67. The number of nitrogens with one attached hydrogen (secondary N) is 1. The van der Waals surface area contributed by atoms with E-state index in [1.54, 1.807) is 0 Å². The number of carbonyl (C=O) groups excluding carboxylic acids is 1. The van der Waals surface area contributed by atoms with E-state index in [1.807, 2.05) is 54.5 Å². The lowest BCUT2D eigenvalue weighted by Crippen LogP contribution is -2.38. The molecule has 122 valence electrons. The van der Waals surface area contributed by atoms with Crippen molar-refractivity contribution < 1.29 is 4.79 Å². The van der Waals surface area contributed by atoms with Crippen molar-refractivity contribution in [2.24, 2.45) is 0 Å². The molecule has 0 bridgehead atoms. The molecule has 1 saturated heterocycles. The predicted molar refractivity (Wildman–Crippen MR) is 92.7 cm³/mol. The summed E-state index contributed by atoms with van der Waals surface area (Å²) in [6.07, 6.45) is 6.89. The number of nitrogens with zero attached hydrogens (tertiary/aromatic N) is 3. The molecule has 3 aromatic rings. The molecule has 5 heteroatoms. The lowest BCUT2D eigenvalue weighted by atomic mass is 9.96. The minimum Gasteiger partial charge on any atom is -0.331 e. The van der Waals surface area contributed by atoms with Gasteiger partial charge in [-0.1, -0.05) is 6.07 Å². The first kappa shape index (κ1) is 14.9. The average molecular weight is 320 g/mol. The van der Waals surface area contributed by atoms with Gasteiger partial charge in [0.2, 0.25) is 0 Å². The van der Waals surface area contributed by atoms with Gasteiger partial charge in [0.1, 0.15) is 0 Å². The van der Waals surface area contributed by atoms with Crippen LogP contribution in [0.4, 0.5) is 0 Å². The average Bonchev–Trinajstić information content (AvgIpc) is 3.15. The number of amides is 1. The van der Waals surface area contributed by atoms with Gasteiger partial charge in [0.15, 0.2) is 0 Å². The van der Waals surface area contributed by atoms with Gasteiger partial charge >= 0.3 is 0 Å². The number of piperidine rings is 1. The van der Waals surface area contributed by atoms with E-state index in [0.29, 0.717) is 0 Å². The number of benzene rings is 1. The Labute approximate surface area is 140 Å². The zero-order valence-corrected chi connectivity index (χ0v) is 13.7. The number of rotatable bonds is 2. The summed E-state index contributed by atoms with van der Waals surface area (Å²) in [6, 6.07) is 9.89. The van der Waals surface area contributed by atoms with E-state index >= 15 is 0 Å². The Kier molecular flexibility index (Phi) is 3.76. The zero-order chi connectivity index (χ0) is 16.5. The quantitative estimate of drug-likeness (QED) is 0.784. The van der Waals surface area contributed by atoms with E-state index in [-0.39, 0.29) is 11.9 Å². The van der Waals surface area contributed by atoms with Crippen LogP contribution in [0.2, 0.25) is 0 Å². The molecule has 0 aliphatic carbocycles. The Morgan fingerprint density at radius 2 is 2.17 bits per heavy atom. The number of fused-ring (bicyclic) bond motifs is 1. The van der Waals surface area contributed by atoms with Crippen LogP contribution >= 0.6 is 0 Å². The second-order valence-corrected chi connectivity index (χ2v) is 6.40.